The zero-order valence-corrected chi connectivity index (χ0v) is 9.99. The van der Waals surface area contributed by atoms with Crippen LogP contribution in [0.2, 0.25) is 0 Å². The summed E-state index contributed by atoms with van der Waals surface area (Å²) in [5.74, 6) is 5.14. The molecule has 6 nitrogen and oxygen atoms in total. The van der Waals surface area contributed by atoms with Gasteiger partial charge in [0.2, 0.25) is 0 Å². The number of alkyl halides is 3. The molecule has 1 unspecified atom stereocenters. The van der Waals surface area contributed by atoms with Gasteiger partial charge >= 0.3 is 6.18 Å². The van der Waals surface area contributed by atoms with E-state index in [1.165, 1.54) is 19.1 Å². The summed E-state index contributed by atoms with van der Waals surface area (Å²) >= 11 is 0. The van der Waals surface area contributed by atoms with Crippen LogP contribution < -0.4 is 16.6 Å². The van der Waals surface area contributed by atoms with Gasteiger partial charge in [-0.3, -0.25) is 16.0 Å². The van der Waals surface area contributed by atoms with Crippen LogP contribution in [-0.4, -0.2) is 17.1 Å². The van der Waals surface area contributed by atoms with Crippen molar-refractivity contribution in [1.82, 2.24) is 0 Å². The van der Waals surface area contributed by atoms with E-state index in [1.54, 1.807) is 0 Å². The summed E-state index contributed by atoms with van der Waals surface area (Å²) in [6.45, 7) is 1.34. The lowest BCUT2D eigenvalue weighted by molar-refractivity contribution is -0.384. The van der Waals surface area contributed by atoms with Gasteiger partial charge in [-0.05, 0) is 13.0 Å². The number of nitro groups is 1. The van der Waals surface area contributed by atoms with Crippen molar-refractivity contribution in [3.05, 3.63) is 28.3 Å². The third-order valence-corrected chi connectivity index (χ3v) is 2.25. The maximum atomic E-state index is 12.2. The second-order valence-corrected chi connectivity index (χ2v) is 4.03. The summed E-state index contributed by atoms with van der Waals surface area (Å²) in [7, 11) is 0. The molecular formula is C10H13F3N4O2. The first kappa shape index (κ1) is 15.0. The van der Waals surface area contributed by atoms with Crippen LogP contribution in [0.5, 0.6) is 0 Å². The highest BCUT2D eigenvalue weighted by atomic mass is 19.4. The average molecular weight is 278 g/mol. The molecule has 0 saturated carbocycles. The van der Waals surface area contributed by atoms with Crippen LogP contribution in [0.3, 0.4) is 0 Å². The Labute approximate surface area is 106 Å². The molecule has 0 amide bonds. The summed E-state index contributed by atoms with van der Waals surface area (Å²) < 4.78 is 36.5. The second-order valence-electron chi connectivity index (χ2n) is 4.03. The normalized spacial score (nSPS) is 12.9. The number of benzene rings is 1. The Balaban J connectivity index is 2.88. The minimum Gasteiger partial charge on any atom is -0.382 e. The van der Waals surface area contributed by atoms with Crippen molar-refractivity contribution in [2.24, 2.45) is 5.84 Å². The largest absolute Gasteiger partial charge is 0.391 e. The highest BCUT2D eigenvalue weighted by Crippen LogP contribution is 2.27. The third-order valence-electron chi connectivity index (χ3n) is 2.25. The number of hydrogen-bond acceptors (Lipinski definition) is 5. The van der Waals surface area contributed by atoms with Crippen molar-refractivity contribution in [2.45, 2.75) is 25.6 Å². The lowest BCUT2D eigenvalue weighted by atomic mass is 10.2. The third kappa shape index (κ3) is 5.00. The molecule has 0 radical (unpaired) electrons. The molecule has 19 heavy (non-hydrogen) atoms. The molecule has 1 aromatic rings. The van der Waals surface area contributed by atoms with Gasteiger partial charge in [-0.25, -0.2) is 0 Å². The summed E-state index contributed by atoms with van der Waals surface area (Å²) in [5.41, 5.74) is 2.38. The van der Waals surface area contributed by atoms with Gasteiger partial charge in [-0.15, -0.1) is 0 Å². The second kappa shape index (κ2) is 5.74. The quantitative estimate of drug-likeness (QED) is 0.437. The zero-order chi connectivity index (χ0) is 14.6. The van der Waals surface area contributed by atoms with E-state index in [9.17, 15) is 23.3 Å². The number of anilines is 2. The lowest BCUT2D eigenvalue weighted by Gasteiger charge is -2.17. The van der Waals surface area contributed by atoms with Crippen LogP contribution in [0.1, 0.15) is 13.3 Å². The number of nitrogens with zero attached hydrogens (tertiary/aromatic N) is 1. The minimum absolute atomic E-state index is 0.193. The number of rotatable bonds is 5. The van der Waals surface area contributed by atoms with Crippen molar-refractivity contribution < 1.29 is 18.1 Å². The molecule has 1 atom stereocenters. The number of nitrogen functional groups attached to an aromatic ring is 1. The zero-order valence-electron chi connectivity index (χ0n) is 9.99. The van der Waals surface area contributed by atoms with E-state index >= 15 is 0 Å². The first-order valence-electron chi connectivity index (χ1n) is 5.30. The minimum atomic E-state index is -4.30. The molecule has 4 N–H and O–H groups in total. The van der Waals surface area contributed by atoms with Crippen molar-refractivity contribution in [3.63, 3.8) is 0 Å². The molecule has 0 aliphatic carbocycles. The predicted octanol–water partition coefficient (Wildman–Crippen LogP) is 2.63. The van der Waals surface area contributed by atoms with Gasteiger partial charge in [0.1, 0.15) is 0 Å². The fraction of sp³-hybridized carbons (Fsp3) is 0.400. The first-order chi connectivity index (χ1) is 8.71. The molecule has 0 heterocycles. The number of nitro benzene ring substituents is 1. The van der Waals surface area contributed by atoms with E-state index in [-0.39, 0.29) is 17.1 Å². The molecular weight excluding hydrogens is 265 g/mol. The van der Waals surface area contributed by atoms with E-state index in [0.29, 0.717) is 0 Å². The molecule has 0 spiro atoms. The highest BCUT2D eigenvalue weighted by molar-refractivity contribution is 5.63. The Morgan fingerprint density at radius 2 is 1.95 bits per heavy atom. The van der Waals surface area contributed by atoms with E-state index < -0.39 is 23.6 Å². The van der Waals surface area contributed by atoms with Gasteiger partial charge in [-0.1, -0.05) is 0 Å². The van der Waals surface area contributed by atoms with Gasteiger partial charge in [0, 0.05) is 23.9 Å². The maximum Gasteiger partial charge on any atom is 0.391 e. The number of hydrogen-bond donors (Lipinski definition) is 3. The van der Waals surface area contributed by atoms with Gasteiger partial charge in [0.15, 0.2) is 0 Å². The topological polar surface area (TPSA) is 93.2 Å². The Bertz CT molecular complexity index is 465. The molecule has 106 valence electrons. The van der Waals surface area contributed by atoms with Crippen LogP contribution in [0.15, 0.2) is 18.2 Å². The molecule has 0 bridgehead atoms. The van der Waals surface area contributed by atoms with E-state index in [1.807, 2.05) is 0 Å². The van der Waals surface area contributed by atoms with E-state index in [4.69, 9.17) is 5.84 Å². The smallest absolute Gasteiger partial charge is 0.382 e. The fourth-order valence-electron chi connectivity index (χ4n) is 1.57. The van der Waals surface area contributed by atoms with Crippen molar-refractivity contribution in [1.29, 1.82) is 0 Å². The first-order valence-corrected chi connectivity index (χ1v) is 5.30. The summed E-state index contributed by atoms with van der Waals surface area (Å²) in [4.78, 5) is 10.0. The van der Waals surface area contributed by atoms with Crippen LogP contribution in [0.25, 0.3) is 0 Å². The molecule has 0 aliphatic rings. The summed E-state index contributed by atoms with van der Waals surface area (Å²) in [5, 5.41) is 13.2. The monoisotopic (exact) mass is 278 g/mol. The van der Waals surface area contributed by atoms with Crippen LogP contribution >= 0.6 is 0 Å². The van der Waals surface area contributed by atoms with Gasteiger partial charge in [-0.2, -0.15) is 13.2 Å². The number of hydrazine groups is 1. The Morgan fingerprint density at radius 3 is 2.42 bits per heavy atom. The molecule has 9 heteroatoms. The van der Waals surface area contributed by atoms with Crippen molar-refractivity contribution in [2.75, 3.05) is 10.7 Å². The maximum absolute atomic E-state index is 12.2. The molecule has 1 aromatic carbocycles. The molecule has 1 rings (SSSR count). The number of non-ortho nitro benzene ring substituents is 1. The molecule has 0 fully saturated rings. The Kier molecular flexibility index (Phi) is 4.54. The van der Waals surface area contributed by atoms with Crippen LogP contribution in [0.4, 0.5) is 30.2 Å². The van der Waals surface area contributed by atoms with E-state index in [2.05, 4.69) is 10.7 Å². The highest BCUT2D eigenvalue weighted by Gasteiger charge is 2.30. The molecule has 0 aliphatic heterocycles. The Morgan fingerprint density at radius 1 is 1.37 bits per heavy atom. The van der Waals surface area contributed by atoms with Gasteiger partial charge < -0.3 is 10.7 Å². The average Bonchev–Trinajstić information content (AvgIpc) is 2.25. The van der Waals surface area contributed by atoms with E-state index in [0.717, 1.165) is 6.07 Å². The number of nitrogens with two attached hydrogens (primary N) is 1. The predicted molar refractivity (Wildman–Crippen MR) is 64.7 cm³/mol. The van der Waals surface area contributed by atoms with Crippen molar-refractivity contribution >= 4 is 17.1 Å². The van der Waals surface area contributed by atoms with Crippen LogP contribution in [0, 0.1) is 10.1 Å². The summed E-state index contributed by atoms with van der Waals surface area (Å²) in [6.07, 6.45) is -5.34. The summed E-state index contributed by atoms with van der Waals surface area (Å²) in [6, 6.07) is 2.81. The molecule has 0 saturated heterocycles. The van der Waals surface area contributed by atoms with Gasteiger partial charge in [0.05, 0.1) is 17.0 Å². The van der Waals surface area contributed by atoms with Gasteiger partial charge in [0.25, 0.3) is 5.69 Å². The van der Waals surface area contributed by atoms with Crippen molar-refractivity contribution in [3.8, 4) is 0 Å². The standard InChI is InChI=1S/C10H13F3N4O2/c1-6(5-10(11,12)13)15-7-2-8(16-14)4-9(3-7)17(18)19/h2-4,6,15-16H,5,14H2,1H3. The van der Waals surface area contributed by atoms with Crippen LogP contribution in [-0.2, 0) is 0 Å². The molecule has 0 aromatic heterocycles. The SMILES string of the molecule is CC(CC(F)(F)F)Nc1cc(NN)cc([N+](=O)[O-])c1. The fourth-order valence-corrected chi connectivity index (χ4v) is 1.57. The Hall–Kier alpha value is -2.03. The lowest BCUT2D eigenvalue weighted by Crippen LogP contribution is -2.24. The number of halogens is 3. The number of nitrogens with one attached hydrogen (secondary N) is 2.